The molecule has 3 aromatic rings. The van der Waals surface area contributed by atoms with E-state index >= 15 is 0 Å². The second-order valence-corrected chi connectivity index (χ2v) is 8.16. The van der Waals surface area contributed by atoms with Crippen LogP contribution in [0.5, 0.6) is 0 Å². The minimum absolute atomic E-state index is 0.250. The van der Waals surface area contributed by atoms with E-state index in [0.717, 1.165) is 52.6 Å². The van der Waals surface area contributed by atoms with Crippen LogP contribution in [0.1, 0.15) is 31.3 Å². The Kier molecular flexibility index (Phi) is 5.27. The van der Waals surface area contributed by atoms with E-state index < -0.39 is 0 Å². The summed E-state index contributed by atoms with van der Waals surface area (Å²) in [5.74, 6) is 2.02. The Balaban J connectivity index is 1.50. The molecule has 5 nitrogen and oxygen atoms in total. The normalized spacial score (nSPS) is 16.0. The van der Waals surface area contributed by atoms with Gasteiger partial charge in [0.25, 0.3) is 0 Å². The van der Waals surface area contributed by atoms with Crippen molar-refractivity contribution in [2.24, 2.45) is 13.0 Å². The highest BCUT2D eigenvalue weighted by atomic mass is 16.1. The first-order valence-corrected chi connectivity index (χ1v) is 10.1. The predicted octanol–water partition coefficient (Wildman–Crippen LogP) is 3.79. The Morgan fingerprint density at radius 3 is 2.61 bits per heavy atom. The number of imidazole rings is 1. The van der Waals surface area contributed by atoms with Crippen molar-refractivity contribution in [1.82, 2.24) is 19.4 Å². The quantitative estimate of drug-likeness (QED) is 0.680. The summed E-state index contributed by atoms with van der Waals surface area (Å²) in [6.45, 7) is 6.90. The third-order valence-electron chi connectivity index (χ3n) is 5.95. The van der Waals surface area contributed by atoms with E-state index in [1.807, 2.05) is 26.4 Å². The topological polar surface area (TPSA) is 51.0 Å². The van der Waals surface area contributed by atoms with Gasteiger partial charge in [-0.15, -0.1) is 0 Å². The molecule has 1 aliphatic rings. The number of aryl methyl sites for hydroxylation is 1. The number of hydrogen-bond acceptors (Lipinski definition) is 4. The Bertz CT molecular complexity index is 999. The number of carbonyl (C=O) groups excluding carboxylic acids is 1. The number of piperidine rings is 1. The number of carbonyl (C=O) groups is 1. The molecule has 0 spiro atoms. The highest BCUT2D eigenvalue weighted by molar-refractivity contribution is 5.88. The minimum Gasteiger partial charge on any atom is -0.331 e. The smallest absolute Gasteiger partial charge is 0.152 e. The molecule has 1 saturated heterocycles. The lowest BCUT2D eigenvalue weighted by molar-refractivity contribution is -0.119. The lowest BCUT2D eigenvalue weighted by Gasteiger charge is -2.29. The number of ketones is 1. The fourth-order valence-electron chi connectivity index (χ4n) is 3.94. The summed E-state index contributed by atoms with van der Waals surface area (Å²) >= 11 is 0. The number of Topliss-reactive ketones (excluding diaryl/α,β-unsaturated/α-hetero) is 1. The summed E-state index contributed by atoms with van der Waals surface area (Å²) in [7, 11) is 2.03. The van der Waals surface area contributed by atoms with E-state index in [1.54, 1.807) is 0 Å². The van der Waals surface area contributed by atoms with Crippen LogP contribution in [0.2, 0.25) is 0 Å². The molecular formula is C23H28N4O. The number of rotatable bonds is 5. The molecule has 1 aliphatic heterocycles. The van der Waals surface area contributed by atoms with Crippen LogP contribution in [0.3, 0.4) is 0 Å². The average molecular weight is 377 g/mol. The summed E-state index contributed by atoms with van der Waals surface area (Å²) < 4.78 is 2.09. The largest absolute Gasteiger partial charge is 0.331 e. The third kappa shape index (κ3) is 3.99. The zero-order valence-corrected chi connectivity index (χ0v) is 17.0. The lowest BCUT2D eigenvalue weighted by atomic mass is 9.99. The van der Waals surface area contributed by atoms with Gasteiger partial charge in [0.1, 0.15) is 5.82 Å². The Morgan fingerprint density at radius 1 is 1.11 bits per heavy atom. The minimum atomic E-state index is 0.250. The van der Waals surface area contributed by atoms with E-state index in [0.29, 0.717) is 13.0 Å². The molecule has 0 saturated carbocycles. The second kappa shape index (κ2) is 7.84. The molecule has 5 heteroatoms. The van der Waals surface area contributed by atoms with Gasteiger partial charge in [-0.2, -0.15) is 0 Å². The predicted molar refractivity (Wildman–Crippen MR) is 112 cm³/mol. The molecule has 0 atom stereocenters. The van der Waals surface area contributed by atoms with Gasteiger partial charge in [0.2, 0.25) is 0 Å². The van der Waals surface area contributed by atoms with Crippen LogP contribution < -0.4 is 0 Å². The molecule has 0 aliphatic carbocycles. The lowest BCUT2D eigenvalue weighted by Crippen LogP contribution is -2.37. The van der Waals surface area contributed by atoms with Crippen molar-refractivity contribution in [2.75, 3.05) is 19.6 Å². The number of aromatic nitrogens is 3. The van der Waals surface area contributed by atoms with Gasteiger partial charge in [-0.05, 0) is 56.3 Å². The van der Waals surface area contributed by atoms with Gasteiger partial charge in [-0.3, -0.25) is 14.7 Å². The number of pyridine rings is 1. The fourth-order valence-corrected chi connectivity index (χ4v) is 3.94. The molecular weight excluding hydrogens is 348 g/mol. The van der Waals surface area contributed by atoms with Crippen LogP contribution >= 0.6 is 0 Å². The van der Waals surface area contributed by atoms with Crippen molar-refractivity contribution >= 4 is 16.6 Å². The second-order valence-electron chi connectivity index (χ2n) is 8.16. The van der Waals surface area contributed by atoms with Gasteiger partial charge in [-0.25, -0.2) is 4.98 Å². The van der Waals surface area contributed by atoms with Crippen LogP contribution in [-0.2, 0) is 18.3 Å². The summed E-state index contributed by atoms with van der Waals surface area (Å²) in [6, 6.07) is 8.40. The van der Waals surface area contributed by atoms with E-state index in [-0.39, 0.29) is 5.78 Å². The van der Waals surface area contributed by atoms with Crippen LogP contribution in [0.15, 0.2) is 36.7 Å². The molecule has 28 heavy (non-hydrogen) atoms. The zero-order chi connectivity index (χ0) is 19.7. The highest BCUT2D eigenvalue weighted by Gasteiger charge is 2.18. The molecule has 3 heterocycles. The van der Waals surface area contributed by atoms with Crippen LogP contribution in [0.25, 0.3) is 22.0 Å². The molecule has 1 aromatic carbocycles. The highest BCUT2D eigenvalue weighted by Crippen LogP contribution is 2.25. The number of fused-ring (bicyclic) bond motifs is 1. The Morgan fingerprint density at radius 2 is 1.89 bits per heavy atom. The monoisotopic (exact) mass is 376 g/mol. The van der Waals surface area contributed by atoms with Gasteiger partial charge in [0.05, 0.1) is 24.9 Å². The SMILES string of the molecule is Cc1ncc(-c2ccc3cnc(CC(=O)CN4CCC(C)CC4)cc3c2)n1C. The third-order valence-corrected chi connectivity index (χ3v) is 5.95. The van der Waals surface area contributed by atoms with Crippen LogP contribution in [-0.4, -0.2) is 44.9 Å². The molecule has 146 valence electrons. The van der Waals surface area contributed by atoms with Crippen molar-refractivity contribution in [3.63, 3.8) is 0 Å². The first-order chi connectivity index (χ1) is 13.5. The van der Waals surface area contributed by atoms with E-state index in [2.05, 4.69) is 50.6 Å². The summed E-state index contributed by atoms with van der Waals surface area (Å²) in [5, 5.41) is 2.20. The number of likely N-dealkylation sites (tertiary alicyclic amines) is 1. The molecule has 0 radical (unpaired) electrons. The van der Waals surface area contributed by atoms with Gasteiger partial charge >= 0.3 is 0 Å². The molecule has 0 unspecified atom stereocenters. The summed E-state index contributed by atoms with van der Waals surface area (Å²) in [4.78, 5) is 23.7. The van der Waals surface area contributed by atoms with Crippen molar-refractivity contribution in [1.29, 1.82) is 0 Å². The van der Waals surface area contributed by atoms with Gasteiger partial charge in [0, 0.05) is 29.9 Å². The van der Waals surface area contributed by atoms with Gasteiger partial charge in [-0.1, -0.05) is 19.1 Å². The maximum atomic E-state index is 12.5. The van der Waals surface area contributed by atoms with E-state index in [1.165, 1.54) is 12.8 Å². The van der Waals surface area contributed by atoms with Crippen molar-refractivity contribution in [3.05, 3.63) is 48.2 Å². The fraction of sp³-hybridized carbons (Fsp3) is 0.435. The molecule has 4 rings (SSSR count). The molecule has 0 amide bonds. The first kappa shape index (κ1) is 18.8. The Hall–Kier alpha value is -2.53. The number of benzene rings is 1. The molecule has 1 fully saturated rings. The van der Waals surface area contributed by atoms with E-state index in [4.69, 9.17) is 0 Å². The number of hydrogen-bond donors (Lipinski definition) is 0. The standard InChI is InChI=1S/C23H28N4O/c1-16-6-8-27(9-7-16)15-22(28)12-21-11-20-10-18(4-5-19(20)13-25-21)23-14-24-17(2)26(23)3/h4-5,10-11,13-14,16H,6-9,12,15H2,1-3H3. The van der Waals surface area contributed by atoms with Crippen molar-refractivity contribution < 1.29 is 4.79 Å². The first-order valence-electron chi connectivity index (χ1n) is 10.1. The van der Waals surface area contributed by atoms with Crippen molar-refractivity contribution in [2.45, 2.75) is 33.1 Å². The van der Waals surface area contributed by atoms with Crippen molar-refractivity contribution in [3.8, 4) is 11.3 Å². The molecule has 2 aromatic heterocycles. The van der Waals surface area contributed by atoms with Gasteiger partial charge < -0.3 is 4.57 Å². The van der Waals surface area contributed by atoms with Crippen LogP contribution in [0, 0.1) is 12.8 Å². The van der Waals surface area contributed by atoms with Crippen LogP contribution in [0.4, 0.5) is 0 Å². The Labute approximate surface area is 166 Å². The summed E-state index contributed by atoms with van der Waals surface area (Å²) in [5.41, 5.74) is 3.07. The number of nitrogens with zero attached hydrogens (tertiary/aromatic N) is 4. The van der Waals surface area contributed by atoms with E-state index in [9.17, 15) is 4.79 Å². The van der Waals surface area contributed by atoms with Gasteiger partial charge in [0.15, 0.2) is 5.78 Å². The zero-order valence-electron chi connectivity index (χ0n) is 17.0. The maximum Gasteiger partial charge on any atom is 0.152 e. The summed E-state index contributed by atoms with van der Waals surface area (Å²) in [6.07, 6.45) is 6.56. The average Bonchev–Trinajstić information content (AvgIpc) is 3.02. The molecule has 0 bridgehead atoms. The molecule has 0 N–H and O–H groups in total. The maximum absolute atomic E-state index is 12.5.